The minimum absolute atomic E-state index is 0.00380. The minimum atomic E-state index is -1.06. The molecule has 316 valence electrons. The summed E-state index contributed by atoms with van der Waals surface area (Å²) in [5.41, 5.74) is 2.51. The van der Waals surface area contributed by atoms with Crippen LogP contribution in [0.25, 0.3) is 0 Å². The number of ether oxygens (including phenoxy) is 4. The number of aryl methyl sites for hydroxylation is 1. The lowest BCUT2D eigenvalue weighted by Crippen LogP contribution is -2.38. The van der Waals surface area contributed by atoms with Crippen LogP contribution in [0.5, 0.6) is 28.7 Å². The van der Waals surface area contributed by atoms with Gasteiger partial charge in [-0.2, -0.15) is 0 Å². The molecule has 13 nitrogen and oxygen atoms in total. The van der Waals surface area contributed by atoms with E-state index in [-0.39, 0.29) is 65.0 Å². The Bertz CT molecular complexity index is 1540. The van der Waals surface area contributed by atoms with Crippen LogP contribution in [0.15, 0.2) is 24.3 Å². The van der Waals surface area contributed by atoms with Gasteiger partial charge in [0, 0.05) is 36.1 Å². The van der Waals surface area contributed by atoms with Gasteiger partial charge >= 0.3 is 0 Å². The summed E-state index contributed by atoms with van der Waals surface area (Å²) in [6, 6.07) is 7.13. The van der Waals surface area contributed by atoms with Gasteiger partial charge in [-0.05, 0) is 123 Å². The van der Waals surface area contributed by atoms with Crippen LogP contribution in [-0.2, 0) is 17.6 Å². The lowest BCUT2D eigenvalue weighted by molar-refractivity contribution is -0.0808. The summed E-state index contributed by atoms with van der Waals surface area (Å²) in [7, 11) is 4.30. The maximum Gasteiger partial charge on any atom is 0.200 e. The van der Waals surface area contributed by atoms with Crippen LogP contribution in [0.1, 0.15) is 93.6 Å². The van der Waals surface area contributed by atoms with Crippen molar-refractivity contribution in [2.75, 3.05) is 39.6 Å². The summed E-state index contributed by atoms with van der Waals surface area (Å²) < 4.78 is 22.9. The van der Waals surface area contributed by atoms with Crippen molar-refractivity contribution in [1.29, 1.82) is 0 Å². The molecule has 9 N–H and O–H groups in total. The van der Waals surface area contributed by atoms with Gasteiger partial charge in [0.25, 0.3) is 0 Å². The van der Waals surface area contributed by atoms with Crippen molar-refractivity contribution in [3.8, 4) is 28.7 Å². The Labute approximate surface area is 338 Å². The Kier molecular flexibility index (Phi) is 17.0. The molecule has 0 bridgehead atoms. The Morgan fingerprint density at radius 2 is 1.73 bits per heavy atom. The topological polar surface area (TPSA) is 211 Å². The summed E-state index contributed by atoms with van der Waals surface area (Å²) in [5.74, 6) is 0.384. The largest absolute Gasteiger partial charge is 0.504 e. The predicted molar refractivity (Wildman–Crippen MR) is 216 cm³/mol. The van der Waals surface area contributed by atoms with Gasteiger partial charge in [-0.1, -0.05) is 34.9 Å². The van der Waals surface area contributed by atoms with Crippen molar-refractivity contribution < 1.29 is 59.8 Å². The molecule has 2 fully saturated rings. The van der Waals surface area contributed by atoms with Crippen LogP contribution in [0.2, 0.25) is 0 Å². The van der Waals surface area contributed by atoms with E-state index in [4.69, 9.17) is 18.9 Å². The molecule has 56 heavy (non-hydrogen) atoms. The second-order valence-electron chi connectivity index (χ2n) is 15.9. The van der Waals surface area contributed by atoms with Gasteiger partial charge < -0.3 is 65.1 Å². The number of aliphatic hydroxyl groups excluding tert-OH is 6. The molecule has 0 aromatic heterocycles. The van der Waals surface area contributed by atoms with Gasteiger partial charge in [-0.25, -0.2) is 0 Å². The van der Waals surface area contributed by atoms with Gasteiger partial charge in [0.2, 0.25) is 5.75 Å². The van der Waals surface area contributed by atoms with Crippen LogP contribution in [-0.4, -0.2) is 117 Å². The van der Waals surface area contributed by atoms with Gasteiger partial charge in [0.05, 0.1) is 37.6 Å². The third-order valence-electron chi connectivity index (χ3n) is 12.1. The van der Waals surface area contributed by atoms with Crippen LogP contribution in [0.3, 0.4) is 0 Å². The van der Waals surface area contributed by atoms with E-state index in [1.54, 1.807) is 19.1 Å². The number of aromatic hydroxyl groups is 2. The van der Waals surface area contributed by atoms with Gasteiger partial charge in [0.15, 0.2) is 29.8 Å². The molecular formula is C41H63NO12S2. The number of nitrogens with one attached hydrogen (secondary N) is 1. The Morgan fingerprint density at radius 3 is 2.43 bits per heavy atom. The summed E-state index contributed by atoms with van der Waals surface area (Å²) in [6.45, 7) is 3.31. The lowest BCUT2D eigenvalue weighted by atomic mass is 9.75. The maximum absolute atomic E-state index is 11.7. The van der Waals surface area contributed by atoms with Crippen molar-refractivity contribution in [3.05, 3.63) is 41.0 Å². The molecule has 0 amide bonds. The highest BCUT2D eigenvalue weighted by molar-refractivity contribution is 8.76. The molecule has 0 radical (unpaired) electrons. The molecule has 1 spiro atoms. The number of hydrogen-bond donors (Lipinski definition) is 9. The zero-order chi connectivity index (χ0) is 40.4. The van der Waals surface area contributed by atoms with E-state index in [2.05, 4.69) is 12.2 Å². The van der Waals surface area contributed by atoms with Gasteiger partial charge in [0.1, 0.15) is 6.79 Å². The average Bonchev–Trinajstić information content (AvgIpc) is 3.74. The van der Waals surface area contributed by atoms with Crippen molar-refractivity contribution in [2.45, 2.75) is 126 Å². The number of hydrogen-bond acceptors (Lipinski definition) is 15. The van der Waals surface area contributed by atoms with E-state index in [1.165, 1.54) is 34.8 Å². The molecule has 10 atom stereocenters. The van der Waals surface area contributed by atoms with E-state index in [1.807, 2.05) is 6.07 Å². The first-order chi connectivity index (χ1) is 26.9. The molecule has 0 saturated heterocycles. The first kappa shape index (κ1) is 44.9. The molecule has 1 aliphatic heterocycles. The molecule has 10 unspecified atom stereocenters. The monoisotopic (exact) mass is 825 g/mol. The average molecular weight is 826 g/mol. The minimum Gasteiger partial charge on any atom is -0.504 e. The smallest absolute Gasteiger partial charge is 0.200 e. The first-order valence-corrected chi connectivity index (χ1v) is 22.4. The summed E-state index contributed by atoms with van der Waals surface area (Å²) >= 11 is 0. The third-order valence-corrected chi connectivity index (χ3v) is 15.0. The zero-order valence-corrected chi connectivity index (χ0v) is 34.5. The molecule has 3 aliphatic rings. The normalized spacial score (nSPS) is 30.6. The lowest BCUT2D eigenvalue weighted by Gasteiger charge is -2.31. The fourth-order valence-corrected chi connectivity index (χ4v) is 12.2. The maximum atomic E-state index is 11.7. The number of benzene rings is 2. The molecule has 15 heteroatoms. The first-order valence-electron chi connectivity index (χ1n) is 20.0. The number of fused-ring (bicyclic) bond motifs is 1. The molecule has 1 heterocycles. The summed E-state index contributed by atoms with van der Waals surface area (Å²) in [4.78, 5) is 0. The molecule has 5 rings (SSSR count). The number of phenols is 2. The Hall–Kier alpha value is -2.18. The standard InChI is InChI=1S/C41H63NO12S2/c1-4-27-15-28(42-20-24(2)46)18-41(27)9-7-30(19-41)54-36-14-26-5-6-29(52-22-44)16-33(47)32(11-25-12-37(51-3)40(50)38(13-25)53-23-45)35(49)21-55-56-39(8-10-43)31(26)17-34(36)48/h12-14,17,24,27-30,32-33,35,39,42-50H,4-11,15-16,18-23H2,1-3H3. The van der Waals surface area contributed by atoms with Crippen molar-refractivity contribution >= 4 is 21.6 Å². The van der Waals surface area contributed by atoms with E-state index in [0.29, 0.717) is 49.1 Å². The van der Waals surface area contributed by atoms with Crippen LogP contribution < -0.4 is 19.5 Å². The zero-order valence-electron chi connectivity index (χ0n) is 32.8. The van der Waals surface area contributed by atoms with Gasteiger partial charge in [-0.3, -0.25) is 0 Å². The number of methoxy groups -OCH3 is 1. The predicted octanol–water partition coefficient (Wildman–Crippen LogP) is 4.57. The fourth-order valence-electron chi connectivity index (χ4n) is 9.32. The van der Waals surface area contributed by atoms with Gasteiger partial charge in [-0.15, -0.1) is 0 Å². The number of rotatable bonds is 15. The molecular weight excluding hydrogens is 763 g/mol. The number of aliphatic hydroxyl groups is 6. The van der Waals surface area contributed by atoms with E-state index in [0.717, 1.165) is 49.7 Å². The third kappa shape index (κ3) is 11.3. The van der Waals surface area contributed by atoms with Crippen molar-refractivity contribution in [1.82, 2.24) is 5.32 Å². The quantitative estimate of drug-likeness (QED) is 0.0890. The fraction of sp³-hybridized carbons (Fsp3) is 0.707. The van der Waals surface area contributed by atoms with Crippen LogP contribution >= 0.6 is 21.6 Å². The molecule has 2 aromatic rings. The summed E-state index contributed by atoms with van der Waals surface area (Å²) in [5, 5.41) is 87.7. The molecule has 2 aromatic carbocycles. The van der Waals surface area contributed by atoms with E-state index < -0.39 is 43.9 Å². The molecule has 2 saturated carbocycles. The Morgan fingerprint density at radius 1 is 0.946 bits per heavy atom. The molecule has 2 aliphatic carbocycles. The summed E-state index contributed by atoms with van der Waals surface area (Å²) in [6.07, 6.45) is 4.52. The van der Waals surface area contributed by atoms with E-state index >= 15 is 0 Å². The van der Waals surface area contributed by atoms with Crippen molar-refractivity contribution in [2.24, 2.45) is 17.3 Å². The Balaban J connectivity index is 1.37. The second-order valence-corrected chi connectivity index (χ2v) is 18.5. The second kappa shape index (κ2) is 21.2. The SMILES string of the molecule is CCC1CC(NCC(C)O)CC12CCC(Oc1cc3c(cc1O)C(CCO)SSCC(O)C(Cc1cc(OC)c(O)c(OCO)c1)C(O)CC(OCO)CC3)C2. The van der Waals surface area contributed by atoms with E-state index in [9.17, 15) is 40.9 Å². The number of phenolic OH excluding ortho intramolecular Hbond substituents is 2. The highest BCUT2D eigenvalue weighted by atomic mass is 33.1. The highest BCUT2D eigenvalue weighted by Gasteiger charge is 2.51. The van der Waals surface area contributed by atoms with Crippen molar-refractivity contribution in [3.63, 3.8) is 0 Å². The highest BCUT2D eigenvalue weighted by Crippen LogP contribution is 2.56. The van der Waals surface area contributed by atoms with Crippen LogP contribution in [0, 0.1) is 17.3 Å². The van der Waals surface area contributed by atoms with Crippen LogP contribution in [0.4, 0.5) is 0 Å².